The third-order valence-electron chi connectivity index (χ3n) is 10.2. The maximum Gasteiger partial charge on any atom is 0.320 e. The van der Waals surface area contributed by atoms with Gasteiger partial charge in [-0.15, -0.1) is 0 Å². The van der Waals surface area contributed by atoms with E-state index in [1.165, 1.54) is 32.5 Å². The number of rotatable bonds is 13. The van der Waals surface area contributed by atoms with Crippen LogP contribution in [-0.2, 0) is 46.2 Å². The molecule has 0 spiro atoms. The van der Waals surface area contributed by atoms with Crippen molar-refractivity contribution in [3.63, 3.8) is 0 Å². The summed E-state index contributed by atoms with van der Waals surface area (Å²) in [6, 6.07) is 17.4. The van der Waals surface area contributed by atoms with Crippen LogP contribution in [0.2, 0.25) is 0 Å². The molecule has 1 aliphatic rings. The first-order chi connectivity index (χ1) is 26.9. The molecular weight excluding hydrogens is 721 g/mol. The third-order valence-corrected chi connectivity index (χ3v) is 10.2. The summed E-state index contributed by atoms with van der Waals surface area (Å²) in [7, 11) is 0. The molecule has 5 rings (SSSR count). The normalized spacial score (nSPS) is 16.4. The van der Waals surface area contributed by atoms with Crippen molar-refractivity contribution in [1.29, 1.82) is 0 Å². The predicted molar refractivity (Wildman–Crippen MR) is 227 cm³/mol. The first kappa shape index (κ1) is 44.0. The number of hydrogen-bond acceptors (Lipinski definition) is 11. The second-order valence-electron chi connectivity index (χ2n) is 18.1. The van der Waals surface area contributed by atoms with E-state index in [4.69, 9.17) is 14.2 Å². The summed E-state index contributed by atoms with van der Waals surface area (Å²) < 4.78 is 17.5. The van der Waals surface area contributed by atoms with Crippen LogP contribution < -0.4 is 5.32 Å². The number of ether oxygens (including phenoxy) is 3. The molecule has 11 nitrogen and oxygen atoms in total. The molecule has 4 aromatic rings. The van der Waals surface area contributed by atoms with Crippen molar-refractivity contribution in [2.24, 2.45) is 0 Å². The number of nitrogens with one attached hydrogen (secondary N) is 1. The van der Waals surface area contributed by atoms with E-state index in [0.717, 1.165) is 30.1 Å². The Bertz CT molecular complexity index is 1950. The molecule has 310 valence electrons. The molecule has 0 atom stereocenters. The van der Waals surface area contributed by atoms with Crippen molar-refractivity contribution in [1.82, 2.24) is 20.0 Å². The molecule has 1 fully saturated rings. The molecule has 0 unspecified atom stereocenters. The fourth-order valence-electron chi connectivity index (χ4n) is 7.78. The van der Waals surface area contributed by atoms with Gasteiger partial charge in [0.25, 0.3) is 0 Å². The SMILES string of the molecule is CC(C)(C)OC(=O)CN1CCNCCN(CC(=O)OC(C)(C)C)CCN(CC(=O)OC(C)(C)Cc2ccc3ccc4c(CCCC=O)ccc5ccc2c3c54)CC1. The van der Waals surface area contributed by atoms with Crippen LogP contribution in [0, 0.1) is 0 Å². The second kappa shape index (κ2) is 19.1. The summed E-state index contributed by atoms with van der Waals surface area (Å²) in [6.45, 7) is 20.1. The number of unbranched alkanes of at least 4 members (excludes halogenated alkanes) is 1. The minimum absolute atomic E-state index is 0.0631. The Kier molecular flexibility index (Phi) is 14.7. The van der Waals surface area contributed by atoms with Crippen LogP contribution in [0.3, 0.4) is 0 Å². The van der Waals surface area contributed by atoms with E-state index in [1.54, 1.807) is 0 Å². The number of hydrogen-bond donors (Lipinski definition) is 1. The largest absolute Gasteiger partial charge is 0.459 e. The van der Waals surface area contributed by atoms with Gasteiger partial charge in [-0.3, -0.25) is 29.1 Å². The smallest absolute Gasteiger partial charge is 0.320 e. The summed E-state index contributed by atoms with van der Waals surface area (Å²) in [5.41, 5.74) is 0.390. The third kappa shape index (κ3) is 13.2. The molecule has 1 saturated heterocycles. The van der Waals surface area contributed by atoms with Crippen molar-refractivity contribution in [2.75, 3.05) is 72.0 Å². The number of carbonyl (C=O) groups excluding carboxylic acids is 4. The Morgan fingerprint density at radius 2 is 1.02 bits per heavy atom. The average molecular weight is 785 g/mol. The van der Waals surface area contributed by atoms with Gasteiger partial charge in [0, 0.05) is 65.2 Å². The van der Waals surface area contributed by atoms with Gasteiger partial charge in [-0.2, -0.15) is 0 Å². The molecule has 0 aliphatic carbocycles. The average Bonchev–Trinajstić information content (AvgIpc) is 3.09. The zero-order chi connectivity index (χ0) is 41.4. The molecule has 1 N–H and O–H groups in total. The fourth-order valence-corrected chi connectivity index (χ4v) is 7.78. The Balaban J connectivity index is 1.31. The molecule has 0 aromatic heterocycles. The van der Waals surface area contributed by atoms with E-state index in [2.05, 4.69) is 68.5 Å². The van der Waals surface area contributed by atoms with Crippen LogP contribution in [0.4, 0.5) is 0 Å². The van der Waals surface area contributed by atoms with Crippen LogP contribution in [0.1, 0.15) is 79.4 Å². The van der Waals surface area contributed by atoms with E-state index in [9.17, 15) is 19.2 Å². The quantitative estimate of drug-likeness (QED) is 0.0553. The van der Waals surface area contributed by atoms with E-state index in [-0.39, 0.29) is 37.5 Å². The number of aldehydes is 1. The van der Waals surface area contributed by atoms with Gasteiger partial charge in [0.05, 0.1) is 19.6 Å². The molecule has 57 heavy (non-hydrogen) atoms. The lowest BCUT2D eigenvalue weighted by Gasteiger charge is -2.32. The Morgan fingerprint density at radius 3 is 1.49 bits per heavy atom. The first-order valence-electron chi connectivity index (χ1n) is 20.5. The van der Waals surface area contributed by atoms with Crippen LogP contribution in [-0.4, -0.2) is 128 Å². The molecule has 0 radical (unpaired) electrons. The zero-order valence-corrected chi connectivity index (χ0v) is 35.5. The highest BCUT2D eigenvalue weighted by atomic mass is 16.6. The second-order valence-corrected chi connectivity index (χ2v) is 18.1. The highest BCUT2D eigenvalue weighted by Crippen LogP contribution is 2.38. The maximum atomic E-state index is 13.8. The zero-order valence-electron chi connectivity index (χ0n) is 35.5. The van der Waals surface area contributed by atoms with Gasteiger partial charge in [-0.1, -0.05) is 48.5 Å². The molecule has 1 aliphatic heterocycles. The molecule has 11 heteroatoms. The van der Waals surface area contributed by atoms with Crippen molar-refractivity contribution in [3.05, 3.63) is 59.7 Å². The van der Waals surface area contributed by atoms with E-state index >= 15 is 0 Å². The molecule has 0 saturated carbocycles. The minimum atomic E-state index is -0.802. The van der Waals surface area contributed by atoms with Crippen molar-refractivity contribution in [2.45, 2.75) is 97.9 Å². The monoisotopic (exact) mass is 784 g/mol. The van der Waals surface area contributed by atoms with Gasteiger partial charge < -0.3 is 24.3 Å². The van der Waals surface area contributed by atoms with Gasteiger partial charge in [0.15, 0.2) is 0 Å². The summed E-state index contributed by atoms with van der Waals surface area (Å²) in [4.78, 5) is 56.7. The fraction of sp³-hybridized carbons (Fsp3) is 0.565. The Morgan fingerprint density at radius 1 is 0.596 bits per heavy atom. The molecular formula is C46H64N4O7. The van der Waals surface area contributed by atoms with Crippen molar-refractivity contribution in [3.8, 4) is 0 Å². The Hall–Kier alpha value is -4.16. The van der Waals surface area contributed by atoms with Gasteiger partial charge in [0.2, 0.25) is 0 Å². The van der Waals surface area contributed by atoms with E-state index < -0.39 is 16.8 Å². The topological polar surface area (TPSA) is 118 Å². The predicted octanol–water partition coefficient (Wildman–Crippen LogP) is 6.16. The summed E-state index contributed by atoms with van der Waals surface area (Å²) in [5, 5.41) is 10.6. The summed E-state index contributed by atoms with van der Waals surface area (Å²) >= 11 is 0. The number of nitrogens with zero attached hydrogens (tertiary/aromatic N) is 3. The maximum absolute atomic E-state index is 13.8. The molecule has 1 heterocycles. The van der Waals surface area contributed by atoms with Crippen LogP contribution >= 0.6 is 0 Å². The summed E-state index contributed by atoms with van der Waals surface area (Å²) in [6.07, 6.45) is 3.73. The molecule has 0 bridgehead atoms. The van der Waals surface area contributed by atoms with Gasteiger partial charge >= 0.3 is 17.9 Å². The minimum Gasteiger partial charge on any atom is -0.459 e. The first-order valence-corrected chi connectivity index (χ1v) is 20.5. The van der Waals surface area contributed by atoms with Gasteiger partial charge in [-0.05, 0) is 112 Å². The van der Waals surface area contributed by atoms with Crippen LogP contribution in [0.5, 0.6) is 0 Å². The van der Waals surface area contributed by atoms with E-state index in [0.29, 0.717) is 65.2 Å². The number of benzene rings is 4. The van der Waals surface area contributed by atoms with Crippen molar-refractivity contribution >= 4 is 56.5 Å². The van der Waals surface area contributed by atoms with E-state index in [1.807, 2.05) is 55.4 Å². The molecule has 4 aromatic carbocycles. The lowest BCUT2D eigenvalue weighted by Crippen LogP contribution is -2.48. The van der Waals surface area contributed by atoms with Gasteiger partial charge in [-0.25, -0.2) is 0 Å². The standard InChI is InChI=1S/C46H64N4O7/c1-44(2,3)55-39(52)30-48-22-20-47-21-23-49(31-40(53)56-45(4,5)6)25-27-50(26-24-48)32-41(54)57-46(7,8)29-36-15-14-35-16-18-37-33(11-9-10-28-51)12-13-34-17-19-38(36)43(35)42(34)37/h12-19,28,47H,9-11,20-27,29-32H2,1-8H3. The lowest BCUT2D eigenvalue weighted by molar-refractivity contribution is -0.159. The lowest BCUT2D eigenvalue weighted by atomic mass is 9.87. The van der Waals surface area contributed by atoms with Gasteiger partial charge in [0.1, 0.15) is 23.1 Å². The summed E-state index contributed by atoms with van der Waals surface area (Å²) in [5.74, 6) is -0.899. The van der Waals surface area contributed by atoms with Crippen LogP contribution in [0.25, 0.3) is 32.3 Å². The highest BCUT2D eigenvalue weighted by molar-refractivity contribution is 6.24. The number of carbonyl (C=O) groups is 4. The van der Waals surface area contributed by atoms with Crippen LogP contribution in [0.15, 0.2) is 48.5 Å². The molecule has 0 amide bonds. The number of aryl methyl sites for hydroxylation is 1. The number of esters is 3. The van der Waals surface area contributed by atoms with Crippen molar-refractivity contribution < 1.29 is 33.4 Å². The highest BCUT2D eigenvalue weighted by Gasteiger charge is 2.28. The Labute approximate surface area is 338 Å².